The molecule has 4 heteroatoms. The third kappa shape index (κ3) is 3.56. The largest absolute Gasteiger partial charge is 0.508 e. The lowest BCUT2D eigenvalue weighted by atomic mass is 10.1. The summed E-state index contributed by atoms with van der Waals surface area (Å²) in [5.41, 5.74) is 2.00. The third-order valence-electron chi connectivity index (χ3n) is 3.25. The molecule has 1 N–H and O–H groups in total. The normalized spacial score (nSPS) is 12.1. The maximum Gasteiger partial charge on any atom is 0.123 e. The van der Waals surface area contributed by atoms with E-state index in [-0.39, 0.29) is 11.8 Å². The molecular formula is C16H17N3O. The summed E-state index contributed by atoms with van der Waals surface area (Å²) < 4.78 is 0. The van der Waals surface area contributed by atoms with Crippen molar-refractivity contribution in [2.75, 3.05) is 13.6 Å². The van der Waals surface area contributed by atoms with Crippen LogP contribution in [0.4, 0.5) is 0 Å². The van der Waals surface area contributed by atoms with E-state index in [2.05, 4.69) is 11.1 Å². The summed E-state index contributed by atoms with van der Waals surface area (Å²) in [6, 6.07) is 12.7. The minimum atomic E-state index is -0.357. The van der Waals surface area contributed by atoms with E-state index in [0.29, 0.717) is 0 Å². The molecule has 0 spiro atoms. The third-order valence-corrected chi connectivity index (χ3v) is 3.25. The predicted molar refractivity (Wildman–Crippen MR) is 77.0 cm³/mol. The monoisotopic (exact) mass is 267 g/mol. The molecule has 0 aliphatic rings. The van der Waals surface area contributed by atoms with Crippen molar-refractivity contribution in [3.8, 4) is 11.8 Å². The van der Waals surface area contributed by atoms with Crippen molar-refractivity contribution in [3.63, 3.8) is 0 Å². The molecule has 0 fully saturated rings. The Bertz CT molecular complexity index is 592. The van der Waals surface area contributed by atoms with Crippen molar-refractivity contribution in [1.29, 1.82) is 5.26 Å². The van der Waals surface area contributed by atoms with Crippen LogP contribution in [0.25, 0.3) is 0 Å². The molecule has 1 heterocycles. The van der Waals surface area contributed by atoms with E-state index >= 15 is 0 Å². The maximum atomic E-state index is 9.51. The van der Waals surface area contributed by atoms with Crippen LogP contribution in [0.15, 0.2) is 48.8 Å². The summed E-state index contributed by atoms with van der Waals surface area (Å²) in [5.74, 6) is 0.185. The van der Waals surface area contributed by atoms with Gasteiger partial charge in [-0.15, -0.1) is 0 Å². The summed E-state index contributed by atoms with van der Waals surface area (Å²) >= 11 is 0. The fourth-order valence-corrected chi connectivity index (χ4v) is 2.11. The summed E-state index contributed by atoms with van der Waals surface area (Å²) in [5, 5.41) is 18.9. The summed E-state index contributed by atoms with van der Waals surface area (Å²) in [6.45, 7) is 0.762. The molecule has 20 heavy (non-hydrogen) atoms. The summed E-state index contributed by atoms with van der Waals surface area (Å²) in [6.07, 6.45) is 4.40. The van der Waals surface area contributed by atoms with E-state index in [1.54, 1.807) is 30.6 Å². The molecule has 102 valence electrons. The first-order valence-corrected chi connectivity index (χ1v) is 6.48. The highest BCUT2D eigenvalue weighted by Gasteiger charge is 2.16. The number of hydrogen-bond acceptors (Lipinski definition) is 4. The van der Waals surface area contributed by atoms with Crippen LogP contribution >= 0.6 is 0 Å². The minimum absolute atomic E-state index is 0.185. The highest BCUT2D eigenvalue weighted by atomic mass is 16.3. The molecule has 0 saturated carbocycles. The van der Waals surface area contributed by atoms with Crippen molar-refractivity contribution >= 4 is 0 Å². The number of aromatic hydroxyl groups is 1. The minimum Gasteiger partial charge on any atom is -0.508 e. The van der Waals surface area contributed by atoms with Gasteiger partial charge in [-0.2, -0.15) is 5.26 Å². The second-order valence-corrected chi connectivity index (χ2v) is 4.71. The average molecular weight is 267 g/mol. The molecule has 2 aromatic rings. The molecule has 1 aromatic heterocycles. The van der Waals surface area contributed by atoms with Crippen molar-refractivity contribution in [2.45, 2.75) is 12.5 Å². The highest BCUT2D eigenvalue weighted by Crippen LogP contribution is 2.22. The van der Waals surface area contributed by atoms with Crippen LogP contribution in [0.2, 0.25) is 0 Å². The van der Waals surface area contributed by atoms with Crippen LogP contribution in [-0.2, 0) is 6.42 Å². The number of rotatable bonds is 5. The number of pyridine rings is 1. The first kappa shape index (κ1) is 14.0. The molecule has 1 atom stereocenters. The average Bonchev–Trinajstić information content (AvgIpc) is 2.47. The van der Waals surface area contributed by atoms with Gasteiger partial charge in [0.2, 0.25) is 0 Å². The van der Waals surface area contributed by atoms with Gasteiger partial charge in [0.25, 0.3) is 0 Å². The number of phenolic OH excluding ortho intramolecular Hbond substituents is 1. The van der Waals surface area contributed by atoms with Gasteiger partial charge >= 0.3 is 0 Å². The molecule has 4 nitrogen and oxygen atoms in total. The van der Waals surface area contributed by atoms with E-state index in [1.807, 2.05) is 30.1 Å². The quantitative estimate of drug-likeness (QED) is 0.904. The van der Waals surface area contributed by atoms with Gasteiger partial charge in [-0.25, -0.2) is 0 Å². The lowest BCUT2D eigenvalue weighted by Crippen LogP contribution is -2.25. The van der Waals surface area contributed by atoms with Crippen LogP contribution in [0.5, 0.6) is 5.75 Å². The number of phenols is 1. The van der Waals surface area contributed by atoms with Gasteiger partial charge in [-0.1, -0.05) is 12.1 Å². The van der Waals surface area contributed by atoms with Gasteiger partial charge in [-0.3, -0.25) is 9.88 Å². The number of nitrogens with zero attached hydrogens (tertiary/aromatic N) is 3. The Kier molecular flexibility index (Phi) is 4.70. The van der Waals surface area contributed by atoms with Gasteiger partial charge in [0.05, 0.1) is 6.07 Å². The molecule has 0 aliphatic heterocycles. The van der Waals surface area contributed by atoms with E-state index in [1.165, 1.54) is 5.56 Å². The summed E-state index contributed by atoms with van der Waals surface area (Å²) in [7, 11) is 1.92. The Labute approximate surface area is 118 Å². The Balaban J connectivity index is 2.03. The molecule has 1 unspecified atom stereocenters. The molecule has 1 aromatic carbocycles. The van der Waals surface area contributed by atoms with Crippen LogP contribution in [0.3, 0.4) is 0 Å². The van der Waals surface area contributed by atoms with Gasteiger partial charge in [0.15, 0.2) is 0 Å². The van der Waals surface area contributed by atoms with E-state index in [9.17, 15) is 10.4 Å². The zero-order chi connectivity index (χ0) is 14.4. The maximum absolute atomic E-state index is 9.51. The van der Waals surface area contributed by atoms with Crippen LogP contribution in [0, 0.1) is 11.3 Å². The second-order valence-electron chi connectivity index (χ2n) is 4.71. The molecule has 0 aliphatic carbocycles. The van der Waals surface area contributed by atoms with E-state index in [0.717, 1.165) is 18.5 Å². The van der Waals surface area contributed by atoms with Crippen molar-refractivity contribution < 1.29 is 5.11 Å². The van der Waals surface area contributed by atoms with Gasteiger partial charge in [0, 0.05) is 18.9 Å². The summed E-state index contributed by atoms with van der Waals surface area (Å²) in [4.78, 5) is 5.97. The molecule has 0 bridgehead atoms. The number of likely N-dealkylation sites (N-methyl/N-ethyl adjacent to an activating group) is 1. The molecule has 2 rings (SSSR count). The number of benzene rings is 1. The fraction of sp³-hybridized carbons (Fsp3) is 0.250. The number of aromatic nitrogens is 1. The number of nitriles is 1. The van der Waals surface area contributed by atoms with Gasteiger partial charge < -0.3 is 5.11 Å². The van der Waals surface area contributed by atoms with Crippen LogP contribution in [0.1, 0.15) is 17.2 Å². The Hall–Kier alpha value is -2.38. The Morgan fingerprint density at radius 1 is 1.30 bits per heavy atom. The van der Waals surface area contributed by atoms with Gasteiger partial charge in [-0.05, 0) is 48.9 Å². The first-order valence-electron chi connectivity index (χ1n) is 6.48. The van der Waals surface area contributed by atoms with Crippen molar-refractivity contribution in [1.82, 2.24) is 9.88 Å². The topological polar surface area (TPSA) is 60.2 Å². The first-order chi connectivity index (χ1) is 9.70. The predicted octanol–water partition coefficient (Wildman–Crippen LogP) is 2.53. The molecule has 0 radical (unpaired) electrons. The fourth-order valence-electron chi connectivity index (χ4n) is 2.11. The van der Waals surface area contributed by atoms with Crippen LogP contribution < -0.4 is 0 Å². The highest BCUT2D eigenvalue weighted by molar-refractivity contribution is 5.32. The van der Waals surface area contributed by atoms with E-state index in [4.69, 9.17) is 0 Å². The lowest BCUT2D eigenvalue weighted by molar-refractivity contribution is 0.294. The lowest BCUT2D eigenvalue weighted by Gasteiger charge is -2.22. The van der Waals surface area contributed by atoms with Gasteiger partial charge in [0.1, 0.15) is 11.8 Å². The zero-order valence-electron chi connectivity index (χ0n) is 11.4. The van der Waals surface area contributed by atoms with Crippen molar-refractivity contribution in [3.05, 3.63) is 59.9 Å². The standard InChI is InChI=1S/C16H17N3O/c1-19(10-7-13-5-8-18-9-6-13)16(12-17)14-3-2-4-15(20)11-14/h2-6,8-9,11,16,20H,7,10H2,1H3. The Morgan fingerprint density at radius 3 is 2.70 bits per heavy atom. The number of hydrogen-bond donors (Lipinski definition) is 1. The molecule has 0 saturated heterocycles. The van der Waals surface area contributed by atoms with Crippen LogP contribution in [-0.4, -0.2) is 28.6 Å². The second kappa shape index (κ2) is 6.69. The van der Waals surface area contributed by atoms with E-state index < -0.39 is 0 Å². The Morgan fingerprint density at radius 2 is 2.05 bits per heavy atom. The van der Waals surface area contributed by atoms with Crippen molar-refractivity contribution in [2.24, 2.45) is 0 Å². The smallest absolute Gasteiger partial charge is 0.123 e. The zero-order valence-corrected chi connectivity index (χ0v) is 11.4. The molecule has 0 amide bonds. The SMILES string of the molecule is CN(CCc1ccncc1)C(C#N)c1cccc(O)c1. The molecular weight excluding hydrogens is 250 g/mol.